The third kappa shape index (κ3) is 4.05. The van der Waals surface area contributed by atoms with Crippen molar-refractivity contribution in [2.24, 2.45) is 5.90 Å². The number of hydrogen-bond acceptors (Lipinski definition) is 5. The van der Waals surface area contributed by atoms with E-state index in [0.717, 1.165) is 0 Å². The first kappa shape index (κ1) is 10.8. The normalized spacial score (nSPS) is 8.00. The van der Waals surface area contributed by atoms with Crippen LogP contribution in [-0.4, -0.2) is 39.8 Å². The number of carbonyl (C=O) groups excluding carboxylic acids is 1. The smallest absolute Gasteiger partial charge is 0.370 e. The standard InChI is InChI=1S/C2H5NO4.Al.3H/c3-7-2(6)1(4)5;;;;/h1,4-5H,3H2;;;;. The molecule has 0 radical (unpaired) electrons. The van der Waals surface area contributed by atoms with Crippen molar-refractivity contribution in [2.45, 2.75) is 6.29 Å². The first-order chi connectivity index (χ1) is 3.18. The number of aliphatic hydroxyl groups is 2. The molecule has 0 saturated carbocycles. The minimum Gasteiger partial charge on any atom is -0.370 e. The molecule has 5 nitrogen and oxygen atoms in total. The average molecular weight is 137 g/mol. The molecule has 8 heavy (non-hydrogen) atoms. The van der Waals surface area contributed by atoms with E-state index in [9.17, 15) is 4.79 Å². The molecule has 0 aliphatic rings. The van der Waals surface area contributed by atoms with Gasteiger partial charge in [-0.05, 0) is 0 Å². The number of rotatable bonds is 1. The quantitative estimate of drug-likeness (QED) is 0.198. The highest BCUT2D eigenvalue weighted by atomic mass is 27.0. The summed E-state index contributed by atoms with van der Waals surface area (Å²) in [5.41, 5.74) is 0. The monoisotopic (exact) mass is 137 g/mol. The number of aliphatic hydroxyl groups excluding tert-OH is 1. The minimum atomic E-state index is -2.12. The van der Waals surface area contributed by atoms with Gasteiger partial charge in [-0.2, -0.15) is 5.90 Å². The predicted molar refractivity (Wildman–Crippen MR) is 28.4 cm³/mol. The Balaban J connectivity index is 0. The van der Waals surface area contributed by atoms with Crippen molar-refractivity contribution in [3.05, 3.63) is 0 Å². The van der Waals surface area contributed by atoms with Crippen LogP contribution in [-0.2, 0) is 9.63 Å². The maximum atomic E-state index is 9.66. The fraction of sp³-hybridized carbons (Fsp3) is 0.500. The van der Waals surface area contributed by atoms with Crippen molar-refractivity contribution in [3.63, 3.8) is 0 Å². The van der Waals surface area contributed by atoms with Crippen LogP contribution >= 0.6 is 0 Å². The zero-order valence-corrected chi connectivity index (χ0v) is 3.37. The van der Waals surface area contributed by atoms with Gasteiger partial charge in [-0.15, -0.1) is 0 Å². The van der Waals surface area contributed by atoms with Crippen LogP contribution in [0, 0.1) is 0 Å². The maximum absolute atomic E-state index is 9.66. The molecule has 0 fully saturated rings. The summed E-state index contributed by atoms with van der Waals surface area (Å²) in [5.74, 6) is 2.94. The van der Waals surface area contributed by atoms with Crippen molar-refractivity contribution in [2.75, 3.05) is 0 Å². The first-order valence-electron chi connectivity index (χ1n) is 1.45. The number of carbonyl (C=O) groups is 1. The van der Waals surface area contributed by atoms with E-state index in [1.165, 1.54) is 0 Å². The lowest BCUT2D eigenvalue weighted by Gasteiger charge is -1.95. The van der Waals surface area contributed by atoms with Crippen LogP contribution in [0.1, 0.15) is 0 Å². The van der Waals surface area contributed by atoms with E-state index in [1.807, 2.05) is 0 Å². The summed E-state index contributed by atoms with van der Waals surface area (Å²) in [6.45, 7) is 0. The highest BCUT2D eigenvalue weighted by Crippen LogP contribution is 1.74. The third-order valence-corrected chi connectivity index (χ3v) is 0.327. The molecule has 48 valence electrons. The molecule has 0 bridgehead atoms. The molecule has 4 N–H and O–H groups in total. The van der Waals surface area contributed by atoms with Gasteiger partial charge in [-0.1, -0.05) is 0 Å². The van der Waals surface area contributed by atoms with Gasteiger partial charge in [0.15, 0.2) is 17.4 Å². The fourth-order valence-electron chi connectivity index (χ4n) is 0.0609. The Bertz CT molecular complexity index is 74.4. The summed E-state index contributed by atoms with van der Waals surface area (Å²) in [4.78, 5) is 13.0. The van der Waals surface area contributed by atoms with Crippen molar-refractivity contribution < 1.29 is 19.8 Å². The SMILES string of the molecule is NOC(=O)C(O)O.[AlH3]. The molecule has 0 heterocycles. The molecular formula is C2H8AlNO4. The molecule has 0 atom stereocenters. The van der Waals surface area contributed by atoms with E-state index in [1.54, 1.807) is 0 Å². The Kier molecular flexibility index (Phi) is 6.78. The Labute approximate surface area is 56.1 Å². The number of hydrogen-bond donors (Lipinski definition) is 3. The predicted octanol–water partition coefficient (Wildman–Crippen LogP) is -3.47. The molecular weight excluding hydrogens is 129 g/mol. The summed E-state index contributed by atoms with van der Waals surface area (Å²) in [6, 6.07) is 0. The van der Waals surface area contributed by atoms with E-state index in [2.05, 4.69) is 10.7 Å². The average Bonchev–Trinajstić information content (AvgIpc) is 1.65. The van der Waals surface area contributed by atoms with Crippen LogP contribution < -0.4 is 5.90 Å². The Morgan fingerprint density at radius 3 is 2.00 bits per heavy atom. The molecule has 0 saturated heterocycles. The van der Waals surface area contributed by atoms with Gasteiger partial charge in [0.25, 0.3) is 6.29 Å². The van der Waals surface area contributed by atoms with Crippen LogP contribution in [0.3, 0.4) is 0 Å². The largest absolute Gasteiger partial charge is 0.381 e. The first-order valence-corrected chi connectivity index (χ1v) is 1.45. The van der Waals surface area contributed by atoms with Crippen molar-refractivity contribution in [3.8, 4) is 0 Å². The molecule has 0 spiro atoms. The van der Waals surface area contributed by atoms with Gasteiger partial charge < -0.3 is 15.1 Å². The van der Waals surface area contributed by atoms with Crippen LogP contribution in [0.2, 0.25) is 0 Å². The van der Waals surface area contributed by atoms with Crippen LogP contribution in [0.5, 0.6) is 0 Å². The van der Waals surface area contributed by atoms with Gasteiger partial charge >= 0.3 is 5.97 Å². The van der Waals surface area contributed by atoms with E-state index in [-0.39, 0.29) is 17.4 Å². The van der Waals surface area contributed by atoms with Gasteiger partial charge in [0.1, 0.15) is 0 Å². The van der Waals surface area contributed by atoms with Crippen LogP contribution in [0.4, 0.5) is 0 Å². The van der Waals surface area contributed by atoms with Gasteiger partial charge in [-0.3, -0.25) is 0 Å². The summed E-state index contributed by atoms with van der Waals surface area (Å²) in [7, 11) is 0. The lowest BCUT2D eigenvalue weighted by atomic mass is 10.7. The molecule has 0 aliphatic heterocycles. The van der Waals surface area contributed by atoms with Crippen molar-refractivity contribution >= 4 is 23.3 Å². The van der Waals surface area contributed by atoms with E-state index >= 15 is 0 Å². The van der Waals surface area contributed by atoms with E-state index in [4.69, 9.17) is 10.2 Å². The summed E-state index contributed by atoms with van der Waals surface area (Å²) < 4.78 is 0. The Hall–Kier alpha value is -0.118. The Morgan fingerprint density at radius 2 is 2.00 bits per heavy atom. The lowest BCUT2D eigenvalue weighted by Crippen LogP contribution is -2.24. The molecule has 0 aliphatic carbocycles. The van der Waals surface area contributed by atoms with Gasteiger partial charge in [-0.25, -0.2) is 4.79 Å². The van der Waals surface area contributed by atoms with E-state index in [0.29, 0.717) is 0 Å². The molecule has 0 amide bonds. The molecule has 0 unspecified atom stereocenters. The van der Waals surface area contributed by atoms with Crippen LogP contribution in [0.25, 0.3) is 0 Å². The second-order valence-electron chi connectivity index (χ2n) is 0.811. The van der Waals surface area contributed by atoms with E-state index < -0.39 is 12.3 Å². The third-order valence-electron chi connectivity index (χ3n) is 0.327. The fourth-order valence-corrected chi connectivity index (χ4v) is 0.0609. The summed E-state index contributed by atoms with van der Waals surface area (Å²) in [6.07, 6.45) is -2.12. The molecule has 0 rings (SSSR count). The minimum absolute atomic E-state index is 0. The molecule has 0 aromatic carbocycles. The highest BCUT2D eigenvalue weighted by Gasteiger charge is 2.09. The van der Waals surface area contributed by atoms with Crippen LogP contribution in [0.15, 0.2) is 0 Å². The topological polar surface area (TPSA) is 92.8 Å². The summed E-state index contributed by atoms with van der Waals surface area (Å²) in [5, 5.41) is 15.6. The molecule has 6 heteroatoms. The zero-order valence-electron chi connectivity index (χ0n) is 3.37. The maximum Gasteiger partial charge on any atom is 0.381 e. The second-order valence-corrected chi connectivity index (χ2v) is 0.811. The molecule has 0 aromatic rings. The lowest BCUT2D eigenvalue weighted by molar-refractivity contribution is -0.173. The van der Waals surface area contributed by atoms with Gasteiger partial charge in [0, 0.05) is 0 Å². The summed E-state index contributed by atoms with van der Waals surface area (Å²) >= 11 is 0. The van der Waals surface area contributed by atoms with Crippen molar-refractivity contribution in [1.82, 2.24) is 0 Å². The zero-order chi connectivity index (χ0) is 5.86. The molecule has 0 aromatic heterocycles. The number of nitrogens with two attached hydrogens (primary N) is 1. The van der Waals surface area contributed by atoms with Gasteiger partial charge in [0.05, 0.1) is 0 Å². The second kappa shape index (κ2) is 5.03. The highest BCUT2D eigenvalue weighted by molar-refractivity contribution is 5.75. The Morgan fingerprint density at radius 1 is 1.62 bits per heavy atom. The van der Waals surface area contributed by atoms with Gasteiger partial charge in [0.2, 0.25) is 0 Å². The van der Waals surface area contributed by atoms with Crippen molar-refractivity contribution in [1.29, 1.82) is 0 Å².